The van der Waals surface area contributed by atoms with Crippen LogP contribution in [0.1, 0.15) is 0 Å². The Kier molecular flexibility index (Phi) is 4.45. The van der Waals surface area contributed by atoms with Crippen LogP contribution in [0.2, 0.25) is 0 Å². The van der Waals surface area contributed by atoms with Crippen molar-refractivity contribution in [1.29, 1.82) is 0 Å². The van der Waals surface area contributed by atoms with Gasteiger partial charge in [-0.2, -0.15) is 10.1 Å². The van der Waals surface area contributed by atoms with Crippen LogP contribution in [0, 0.1) is 0 Å². The zero-order valence-electron chi connectivity index (χ0n) is 15.7. The van der Waals surface area contributed by atoms with Gasteiger partial charge in [0.1, 0.15) is 5.75 Å². The van der Waals surface area contributed by atoms with Crippen LogP contribution in [-0.4, -0.2) is 51.2 Å². The number of fused-ring (bicyclic) bond motifs is 1. The molecule has 0 spiro atoms. The summed E-state index contributed by atoms with van der Waals surface area (Å²) in [7, 11) is 0. The maximum Gasteiger partial charge on any atom is 0.229 e. The van der Waals surface area contributed by atoms with Crippen molar-refractivity contribution in [2.75, 3.05) is 36.5 Å². The van der Waals surface area contributed by atoms with Crippen LogP contribution in [-0.2, 0) is 4.74 Å². The number of benzene rings is 2. The van der Waals surface area contributed by atoms with Gasteiger partial charge < -0.3 is 20.1 Å². The van der Waals surface area contributed by atoms with Crippen LogP contribution < -0.4 is 10.2 Å². The Morgan fingerprint density at radius 3 is 2.38 bits per heavy atom. The Morgan fingerprint density at radius 1 is 0.897 bits per heavy atom. The lowest BCUT2D eigenvalue weighted by Gasteiger charge is -2.28. The minimum atomic E-state index is 0.211. The molecule has 4 aromatic rings. The van der Waals surface area contributed by atoms with Crippen LogP contribution in [0.3, 0.4) is 0 Å². The zero-order valence-corrected chi connectivity index (χ0v) is 15.7. The van der Waals surface area contributed by atoms with E-state index in [4.69, 9.17) is 4.74 Å². The van der Waals surface area contributed by atoms with Gasteiger partial charge in [0.25, 0.3) is 0 Å². The second kappa shape index (κ2) is 7.40. The van der Waals surface area contributed by atoms with Crippen molar-refractivity contribution in [3.63, 3.8) is 0 Å². The Hall–Kier alpha value is -3.65. The smallest absolute Gasteiger partial charge is 0.229 e. The molecule has 3 heterocycles. The molecule has 0 unspecified atom stereocenters. The summed E-state index contributed by atoms with van der Waals surface area (Å²) >= 11 is 0. The highest BCUT2D eigenvalue weighted by Crippen LogP contribution is 2.23. The van der Waals surface area contributed by atoms with Gasteiger partial charge >= 0.3 is 0 Å². The molecular weight excluding hydrogens is 368 g/mol. The fraction of sp³-hybridized carbons (Fsp3) is 0.190. The number of rotatable bonds is 4. The van der Waals surface area contributed by atoms with Gasteiger partial charge in [-0.05, 0) is 48.5 Å². The Balaban J connectivity index is 1.39. The molecule has 146 valence electrons. The molecule has 0 amide bonds. The van der Waals surface area contributed by atoms with E-state index in [-0.39, 0.29) is 5.75 Å². The van der Waals surface area contributed by atoms with Crippen LogP contribution in [0.5, 0.6) is 5.75 Å². The predicted octanol–water partition coefficient (Wildman–Crippen LogP) is 3.10. The molecule has 0 radical (unpaired) electrons. The van der Waals surface area contributed by atoms with E-state index in [0.29, 0.717) is 11.6 Å². The number of anilines is 3. The van der Waals surface area contributed by atoms with Crippen molar-refractivity contribution in [3.8, 4) is 11.4 Å². The van der Waals surface area contributed by atoms with E-state index in [1.54, 1.807) is 41.3 Å². The zero-order chi connectivity index (χ0) is 19.6. The molecule has 1 saturated heterocycles. The molecule has 2 aromatic carbocycles. The average molecular weight is 388 g/mol. The topological polar surface area (TPSA) is 88.3 Å². The molecule has 1 fully saturated rings. The van der Waals surface area contributed by atoms with Gasteiger partial charge in [0.05, 0.1) is 30.5 Å². The number of aromatic hydroxyl groups is 1. The molecule has 8 nitrogen and oxygen atoms in total. The number of nitrogens with one attached hydrogen (secondary N) is 1. The summed E-state index contributed by atoms with van der Waals surface area (Å²) in [5.74, 6) is 0.708. The molecule has 0 atom stereocenters. The van der Waals surface area contributed by atoms with Crippen molar-refractivity contribution >= 4 is 28.4 Å². The lowest BCUT2D eigenvalue weighted by atomic mass is 10.2. The van der Waals surface area contributed by atoms with Gasteiger partial charge in [0.2, 0.25) is 5.95 Å². The van der Waals surface area contributed by atoms with Crippen molar-refractivity contribution in [1.82, 2.24) is 19.7 Å². The van der Waals surface area contributed by atoms with Crippen molar-refractivity contribution in [2.45, 2.75) is 0 Å². The molecule has 1 aliphatic heterocycles. The summed E-state index contributed by atoms with van der Waals surface area (Å²) < 4.78 is 7.14. The van der Waals surface area contributed by atoms with Crippen LogP contribution in [0.15, 0.2) is 60.9 Å². The molecule has 8 heteroatoms. The number of morpholine rings is 1. The molecule has 2 N–H and O–H groups in total. The van der Waals surface area contributed by atoms with Gasteiger partial charge in [-0.1, -0.05) is 0 Å². The number of phenolic OH excluding ortho intramolecular Hbond substituents is 1. The third-order valence-corrected chi connectivity index (χ3v) is 4.90. The van der Waals surface area contributed by atoms with E-state index < -0.39 is 0 Å². The van der Waals surface area contributed by atoms with Crippen molar-refractivity contribution in [3.05, 3.63) is 60.9 Å². The highest BCUT2D eigenvalue weighted by molar-refractivity contribution is 5.77. The molecule has 0 bridgehead atoms. The second-order valence-corrected chi connectivity index (χ2v) is 6.82. The Morgan fingerprint density at radius 2 is 1.62 bits per heavy atom. The third-order valence-electron chi connectivity index (χ3n) is 4.90. The maximum atomic E-state index is 9.50. The summed E-state index contributed by atoms with van der Waals surface area (Å²) in [6.07, 6.45) is 3.47. The lowest BCUT2D eigenvalue weighted by molar-refractivity contribution is 0.122. The number of hydrogen-bond acceptors (Lipinski definition) is 7. The largest absolute Gasteiger partial charge is 0.508 e. The molecular formula is C21H20N6O2. The first kappa shape index (κ1) is 17.4. The van der Waals surface area contributed by atoms with Crippen LogP contribution >= 0.6 is 0 Å². The summed E-state index contributed by atoms with van der Waals surface area (Å²) in [5, 5.41) is 18.0. The van der Waals surface area contributed by atoms with E-state index in [9.17, 15) is 5.11 Å². The molecule has 0 saturated carbocycles. The fourth-order valence-corrected chi connectivity index (χ4v) is 3.37. The van der Waals surface area contributed by atoms with Gasteiger partial charge in [0.15, 0.2) is 5.65 Å². The van der Waals surface area contributed by atoms with Gasteiger partial charge in [0, 0.05) is 30.7 Å². The van der Waals surface area contributed by atoms with E-state index in [1.807, 2.05) is 12.1 Å². The van der Waals surface area contributed by atoms with Crippen molar-refractivity contribution in [2.24, 2.45) is 0 Å². The lowest BCUT2D eigenvalue weighted by Crippen LogP contribution is -2.36. The first-order valence-corrected chi connectivity index (χ1v) is 9.46. The van der Waals surface area contributed by atoms with E-state index in [2.05, 4.69) is 37.4 Å². The second-order valence-electron chi connectivity index (χ2n) is 6.82. The normalized spacial score (nSPS) is 14.3. The molecule has 29 heavy (non-hydrogen) atoms. The molecule has 1 aliphatic rings. The first-order valence-electron chi connectivity index (χ1n) is 9.46. The number of aromatic nitrogens is 4. The standard InChI is InChI=1S/C21H20N6O2/c28-19-7-5-18(6-8-19)27-20-15(14-23-27)13-22-21(25-20)24-16-1-3-17(4-2-16)26-9-11-29-12-10-26/h1-8,13-14,28H,9-12H2,(H,22,24,25). The van der Waals surface area contributed by atoms with Gasteiger partial charge in [-0.25, -0.2) is 9.67 Å². The molecule has 0 aliphatic carbocycles. The number of phenols is 1. The highest BCUT2D eigenvalue weighted by atomic mass is 16.5. The third kappa shape index (κ3) is 3.57. The number of hydrogen-bond donors (Lipinski definition) is 2. The van der Waals surface area contributed by atoms with E-state index in [1.165, 1.54) is 5.69 Å². The average Bonchev–Trinajstić information content (AvgIpc) is 3.19. The summed E-state index contributed by atoms with van der Waals surface area (Å²) in [5.41, 5.74) is 3.60. The highest BCUT2D eigenvalue weighted by Gasteiger charge is 2.12. The van der Waals surface area contributed by atoms with E-state index in [0.717, 1.165) is 43.1 Å². The maximum absolute atomic E-state index is 9.50. The Bertz CT molecular complexity index is 1120. The SMILES string of the molecule is Oc1ccc(-n2ncc3cnc(Nc4ccc(N5CCOCC5)cc4)nc32)cc1. The van der Waals surface area contributed by atoms with Crippen LogP contribution in [0.25, 0.3) is 16.7 Å². The quantitative estimate of drug-likeness (QED) is 0.555. The van der Waals surface area contributed by atoms with Crippen LogP contribution in [0.4, 0.5) is 17.3 Å². The van der Waals surface area contributed by atoms with Crippen molar-refractivity contribution < 1.29 is 9.84 Å². The predicted molar refractivity (Wildman–Crippen MR) is 111 cm³/mol. The molecule has 2 aromatic heterocycles. The summed E-state index contributed by atoms with van der Waals surface area (Å²) in [6.45, 7) is 3.35. The number of nitrogens with zero attached hydrogens (tertiary/aromatic N) is 5. The van der Waals surface area contributed by atoms with Gasteiger partial charge in [-0.15, -0.1) is 0 Å². The summed E-state index contributed by atoms with van der Waals surface area (Å²) in [4.78, 5) is 11.3. The summed E-state index contributed by atoms with van der Waals surface area (Å²) in [6, 6.07) is 15.1. The monoisotopic (exact) mass is 388 g/mol. The number of ether oxygens (including phenoxy) is 1. The first-order chi connectivity index (χ1) is 14.3. The minimum absolute atomic E-state index is 0.211. The van der Waals surface area contributed by atoms with Gasteiger partial charge in [-0.3, -0.25) is 0 Å². The minimum Gasteiger partial charge on any atom is -0.508 e. The molecule has 5 rings (SSSR count). The fourth-order valence-electron chi connectivity index (χ4n) is 3.37. The van der Waals surface area contributed by atoms with E-state index >= 15 is 0 Å². The Labute approximate surface area is 167 Å².